The molecule has 0 aliphatic carbocycles. The summed E-state index contributed by atoms with van der Waals surface area (Å²) in [7, 11) is -0.379. The smallest absolute Gasteiger partial charge is 0.107 e. The Labute approximate surface area is 118 Å². The lowest BCUT2D eigenvalue weighted by molar-refractivity contribution is 0.841. The van der Waals surface area contributed by atoms with Crippen molar-refractivity contribution < 1.29 is 0 Å². The van der Waals surface area contributed by atoms with E-state index < -0.39 is 16.1 Å². The minimum absolute atomic E-state index is 0.692. The molecule has 1 heterocycles. The summed E-state index contributed by atoms with van der Waals surface area (Å²) in [6, 6.07) is 8.49. The number of para-hydroxylation sites is 2. The van der Waals surface area contributed by atoms with E-state index in [0.29, 0.717) is 5.16 Å². The van der Waals surface area contributed by atoms with Gasteiger partial charge in [-0.3, -0.25) is 0 Å². The molecule has 1 aromatic carbocycles. The number of benzene rings is 1. The largest absolute Gasteiger partial charge is 0.331 e. The molecule has 0 fully saturated rings. The number of rotatable bonds is 3. The molecule has 0 atom stereocenters. The zero-order valence-corrected chi connectivity index (χ0v) is 15.3. The summed E-state index contributed by atoms with van der Waals surface area (Å²) in [6.07, 6.45) is 0. The number of aryl methyl sites for hydroxylation is 1. The van der Waals surface area contributed by atoms with Gasteiger partial charge in [-0.05, 0) is 12.1 Å². The van der Waals surface area contributed by atoms with Crippen molar-refractivity contribution in [3.05, 3.63) is 30.1 Å². The third-order valence-corrected chi connectivity index (χ3v) is 13.0. The fraction of sp³-hybridized carbons (Fsp3) is 0.533. The van der Waals surface area contributed by atoms with Crippen LogP contribution in [0.3, 0.4) is 0 Å². The second kappa shape index (κ2) is 4.60. The molecule has 104 valence electrons. The average molecular weight is 291 g/mol. The molecule has 0 amide bonds. The number of aromatic nitrogens is 2. The Bertz CT molecular complexity index is 574. The van der Waals surface area contributed by atoms with Gasteiger partial charge in [0.1, 0.15) is 5.82 Å². The maximum Gasteiger partial charge on any atom is 0.107 e. The fourth-order valence-corrected chi connectivity index (χ4v) is 16.0. The summed E-state index contributed by atoms with van der Waals surface area (Å²) < 4.78 is 2.33. The van der Waals surface area contributed by atoms with Crippen LogP contribution in [0.15, 0.2) is 24.3 Å². The van der Waals surface area contributed by atoms with E-state index >= 15 is 0 Å². The van der Waals surface area contributed by atoms with Gasteiger partial charge in [-0.1, -0.05) is 51.4 Å². The summed E-state index contributed by atoms with van der Waals surface area (Å²) in [5.74, 6) is 1.32. The van der Waals surface area contributed by atoms with Crippen molar-refractivity contribution in [1.29, 1.82) is 0 Å². The standard InChI is InChI=1S/C15H26N2Si2/c1-17-13-11-9-8-10-12(13)16-14(17)15(18(2,3)4)19(5,6)7/h8-11,15H,1-7H3. The Morgan fingerprint density at radius 3 is 1.95 bits per heavy atom. The molecule has 2 rings (SSSR count). The molecule has 2 nitrogen and oxygen atoms in total. The van der Waals surface area contributed by atoms with Crippen LogP contribution < -0.4 is 0 Å². The van der Waals surface area contributed by atoms with Gasteiger partial charge in [-0.25, -0.2) is 4.98 Å². The molecule has 0 radical (unpaired) electrons. The summed E-state index contributed by atoms with van der Waals surface area (Å²) in [5, 5.41) is 0.692. The Balaban J connectivity index is 2.67. The highest BCUT2D eigenvalue weighted by molar-refractivity contribution is 6.96. The van der Waals surface area contributed by atoms with Crippen LogP contribution in [-0.4, -0.2) is 25.7 Å². The minimum atomic E-state index is -1.28. The maximum absolute atomic E-state index is 4.98. The molecule has 0 saturated carbocycles. The predicted molar refractivity (Wildman–Crippen MR) is 90.1 cm³/mol. The van der Waals surface area contributed by atoms with Crippen LogP contribution in [0.25, 0.3) is 11.0 Å². The predicted octanol–water partition coefficient (Wildman–Crippen LogP) is 4.41. The molecule has 19 heavy (non-hydrogen) atoms. The second-order valence-electron chi connectivity index (χ2n) is 7.68. The van der Waals surface area contributed by atoms with Gasteiger partial charge in [-0.15, -0.1) is 0 Å². The highest BCUT2D eigenvalue weighted by Crippen LogP contribution is 2.36. The number of hydrogen-bond acceptors (Lipinski definition) is 1. The van der Waals surface area contributed by atoms with Crippen LogP contribution in [0.1, 0.15) is 11.0 Å². The van der Waals surface area contributed by atoms with E-state index in [4.69, 9.17) is 4.98 Å². The summed E-state index contributed by atoms with van der Waals surface area (Å²) in [5.41, 5.74) is 2.40. The molecular weight excluding hydrogens is 264 g/mol. The van der Waals surface area contributed by atoms with E-state index in [2.05, 4.69) is 75.2 Å². The quantitative estimate of drug-likeness (QED) is 0.766. The van der Waals surface area contributed by atoms with Gasteiger partial charge in [0, 0.05) is 12.2 Å². The molecule has 0 aliphatic rings. The molecule has 0 saturated heterocycles. The van der Waals surface area contributed by atoms with Crippen LogP contribution in [0.4, 0.5) is 0 Å². The average Bonchev–Trinajstić information content (AvgIpc) is 2.53. The first-order valence-electron chi connectivity index (χ1n) is 7.04. The number of imidazole rings is 1. The molecular formula is C15H26N2Si2. The minimum Gasteiger partial charge on any atom is -0.331 e. The Hall–Kier alpha value is -0.876. The van der Waals surface area contributed by atoms with Crippen LogP contribution in [0.2, 0.25) is 39.3 Å². The first-order chi connectivity index (χ1) is 8.62. The van der Waals surface area contributed by atoms with Crippen LogP contribution in [0, 0.1) is 0 Å². The van der Waals surface area contributed by atoms with Crippen LogP contribution in [0.5, 0.6) is 0 Å². The van der Waals surface area contributed by atoms with E-state index in [1.807, 2.05) is 0 Å². The molecule has 0 aliphatic heterocycles. The van der Waals surface area contributed by atoms with Gasteiger partial charge < -0.3 is 4.57 Å². The number of nitrogens with zero attached hydrogens (tertiary/aromatic N) is 2. The summed E-state index contributed by atoms with van der Waals surface area (Å²) >= 11 is 0. The third kappa shape index (κ3) is 2.69. The highest BCUT2D eigenvalue weighted by Gasteiger charge is 2.41. The van der Waals surface area contributed by atoms with Crippen molar-refractivity contribution in [3.8, 4) is 0 Å². The summed E-state index contributed by atoms with van der Waals surface area (Å²) in [6.45, 7) is 14.9. The zero-order valence-electron chi connectivity index (χ0n) is 13.3. The van der Waals surface area contributed by atoms with E-state index in [1.165, 1.54) is 11.3 Å². The van der Waals surface area contributed by atoms with Gasteiger partial charge in [0.15, 0.2) is 0 Å². The van der Waals surface area contributed by atoms with Crippen molar-refractivity contribution in [3.63, 3.8) is 0 Å². The van der Waals surface area contributed by atoms with Gasteiger partial charge in [-0.2, -0.15) is 0 Å². The topological polar surface area (TPSA) is 17.8 Å². The molecule has 0 N–H and O–H groups in total. The SMILES string of the molecule is Cn1c(C([Si](C)(C)C)[Si](C)(C)C)nc2ccccc21. The maximum atomic E-state index is 4.98. The molecule has 1 aromatic heterocycles. The lowest BCUT2D eigenvalue weighted by Gasteiger charge is -2.37. The van der Waals surface area contributed by atoms with Gasteiger partial charge in [0.2, 0.25) is 0 Å². The Morgan fingerprint density at radius 2 is 1.47 bits per heavy atom. The monoisotopic (exact) mass is 290 g/mol. The van der Waals surface area contributed by atoms with Crippen molar-refractivity contribution in [2.45, 2.75) is 44.4 Å². The van der Waals surface area contributed by atoms with Crippen LogP contribution in [-0.2, 0) is 7.05 Å². The molecule has 2 aromatic rings. The molecule has 0 bridgehead atoms. The van der Waals surface area contributed by atoms with E-state index in [-0.39, 0.29) is 0 Å². The fourth-order valence-electron chi connectivity index (χ4n) is 3.50. The molecule has 0 spiro atoms. The lowest BCUT2D eigenvalue weighted by Crippen LogP contribution is -2.47. The van der Waals surface area contributed by atoms with Crippen molar-refractivity contribution in [1.82, 2.24) is 9.55 Å². The van der Waals surface area contributed by atoms with Gasteiger partial charge in [0.25, 0.3) is 0 Å². The Morgan fingerprint density at radius 1 is 0.947 bits per heavy atom. The lowest BCUT2D eigenvalue weighted by atomic mass is 10.3. The van der Waals surface area contributed by atoms with Crippen LogP contribution >= 0.6 is 0 Å². The number of hydrogen-bond donors (Lipinski definition) is 0. The van der Waals surface area contributed by atoms with Gasteiger partial charge in [0.05, 0.1) is 27.2 Å². The normalized spacial score (nSPS) is 13.5. The first kappa shape index (κ1) is 14.5. The van der Waals surface area contributed by atoms with Gasteiger partial charge >= 0.3 is 0 Å². The zero-order chi connectivity index (χ0) is 14.4. The van der Waals surface area contributed by atoms with Crippen molar-refractivity contribution >= 4 is 27.2 Å². The third-order valence-electron chi connectivity index (χ3n) is 3.81. The highest BCUT2D eigenvalue weighted by atomic mass is 28.4. The first-order valence-corrected chi connectivity index (χ1v) is 14.2. The molecule has 4 heteroatoms. The number of fused-ring (bicyclic) bond motifs is 1. The van der Waals surface area contributed by atoms with Crippen molar-refractivity contribution in [2.75, 3.05) is 0 Å². The van der Waals surface area contributed by atoms with E-state index in [0.717, 1.165) is 5.52 Å². The van der Waals surface area contributed by atoms with E-state index in [1.54, 1.807) is 0 Å². The molecule has 0 unspecified atom stereocenters. The summed E-state index contributed by atoms with van der Waals surface area (Å²) in [4.78, 5) is 4.98. The second-order valence-corrected chi connectivity index (χ2v) is 18.9. The van der Waals surface area contributed by atoms with E-state index in [9.17, 15) is 0 Å². The Kier molecular flexibility index (Phi) is 3.51. The van der Waals surface area contributed by atoms with Crippen molar-refractivity contribution in [2.24, 2.45) is 7.05 Å².